The Morgan fingerprint density at radius 3 is 2.68 bits per heavy atom. The number of ether oxygens (including phenoxy) is 1. The van der Waals surface area contributed by atoms with Crippen molar-refractivity contribution in [2.24, 2.45) is 11.3 Å². The van der Waals surface area contributed by atoms with Crippen LogP contribution in [0.25, 0.3) is 0 Å². The van der Waals surface area contributed by atoms with Crippen LogP contribution in [0, 0.1) is 11.3 Å². The Bertz CT molecular complexity index is 274. The molecule has 0 aromatic rings. The summed E-state index contributed by atoms with van der Waals surface area (Å²) in [5.41, 5.74) is 0.300. The summed E-state index contributed by atoms with van der Waals surface area (Å²) in [6.45, 7) is 11.2. The molecule has 19 heavy (non-hydrogen) atoms. The van der Waals surface area contributed by atoms with E-state index in [4.69, 9.17) is 4.74 Å². The van der Waals surface area contributed by atoms with Crippen LogP contribution in [0.15, 0.2) is 0 Å². The Morgan fingerprint density at radius 1 is 1.32 bits per heavy atom. The van der Waals surface area contributed by atoms with Crippen LogP contribution in [0.1, 0.15) is 53.4 Å². The van der Waals surface area contributed by atoms with Crippen LogP contribution >= 0.6 is 11.8 Å². The molecule has 1 aliphatic heterocycles. The van der Waals surface area contributed by atoms with E-state index in [9.17, 15) is 0 Å². The minimum atomic E-state index is 0.300. The van der Waals surface area contributed by atoms with Crippen LogP contribution in [0.3, 0.4) is 0 Å². The molecular weight excluding hydrogens is 254 g/mol. The Morgan fingerprint density at radius 2 is 2.11 bits per heavy atom. The van der Waals surface area contributed by atoms with Gasteiger partial charge in [0.05, 0.1) is 6.10 Å². The molecular formula is C16H31NOS. The Balaban J connectivity index is 1.68. The van der Waals surface area contributed by atoms with Gasteiger partial charge >= 0.3 is 0 Å². The highest BCUT2D eigenvalue weighted by Gasteiger charge is 2.48. The number of rotatable bonds is 6. The molecule has 1 heterocycles. The highest BCUT2D eigenvalue weighted by molar-refractivity contribution is 7.99. The molecule has 112 valence electrons. The number of thioether (sulfide) groups is 1. The Labute approximate surface area is 123 Å². The van der Waals surface area contributed by atoms with E-state index in [0.717, 1.165) is 11.9 Å². The molecule has 0 radical (unpaired) electrons. The molecule has 1 N–H and O–H groups in total. The fourth-order valence-electron chi connectivity index (χ4n) is 3.07. The predicted molar refractivity (Wildman–Crippen MR) is 84.9 cm³/mol. The van der Waals surface area contributed by atoms with Crippen LogP contribution in [-0.4, -0.2) is 36.3 Å². The summed E-state index contributed by atoms with van der Waals surface area (Å²) in [5.74, 6) is 2.00. The van der Waals surface area contributed by atoms with E-state index in [1.807, 2.05) is 0 Å². The number of hydrogen-bond donors (Lipinski definition) is 1. The zero-order chi connectivity index (χ0) is 13.9. The quantitative estimate of drug-likeness (QED) is 0.804. The molecule has 3 atom stereocenters. The fourth-order valence-corrected chi connectivity index (χ4v) is 4.32. The fraction of sp³-hybridized carbons (Fsp3) is 1.00. The molecule has 1 saturated heterocycles. The second-order valence-electron chi connectivity index (χ2n) is 7.22. The zero-order valence-corrected chi connectivity index (χ0v) is 13.9. The van der Waals surface area contributed by atoms with Crippen LogP contribution in [0.5, 0.6) is 0 Å². The second kappa shape index (κ2) is 6.82. The summed E-state index contributed by atoms with van der Waals surface area (Å²) >= 11 is 2.16. The molecule has 0 aromatic heterocycles. The van der Waals surface area contributed by atoms with Crippen molar-refractivity contribution in [3.63, 3.8) is 0 Å². The third kappa shape index (κ3) is 4.12. The van der Waals surface area contributed by atoms with Crippen molar-refractivity contribution >= 4 is 11.8 Å². The highest BCUT2D eigenvalue weighted by atomic mass is 32.2. The Kier molecular flexibility index (Phi) is 5.62. The van der Waals surface area contributed by atoms with Crippen molar-refractivity contribution in [3.05, 3.63) is 0 Å². The van der Waals surface area contributed by atoms with Gasteiger partial charge in [-0.3, -0.25) is 0 Å². The standard InChI is InChI=1S/C16H31NOS/c1-12(2)11-18-15-9-14(16(15,3)4)17-10-13-7-5-6-8-19-13/h12-15,17H,5-11H2,1-4H3. The van der Waals surface area contributed by atoms with Crippen LogP contribution < -0.4 is 5.32 Å². The van der Waals surface area contributed by atoms with Crippen molar-refractivity contribution in [1.29, 1.82) is 0 Å². The molecule has 0 aromatic carbocycles. The Hall–Kier alpha value is 0.270. The lowest BCUT2D eigenvalue weighted by Crippen LogP contribution is -2.61. The minimum absolute atomic E-state index is 0.300. The molecule has 0 spiro atoms. The van der Waals surface area contributed by atoms with Gasteiger partial charge in [0, 0.05) is 29.9 Å². The first-order valence-corrected chi connectivity index (χ1v) is 9.01. The van der Waals surface area contributed by atoms with Gasteiger partial charge in [0.25, 0.3) is 0 Å². The van der Waals surface area contributed by atoms with E-state index in [0.29, 0.717) is 23.5 Å². The van der Waals surface area contributed by atoms with Crippen molar-refractivity contribution < 1.29 is 4.74 Å². The smallest absolute Gasteiger partial charge is 0.0656 e. The summed E-state index contributed by atoms with van der Waals surface area (Å²) in [4.78, 5) is 0. The first-order valence-electron chi connectivity index (χ1n) is 7.96. The summed E-state index contributed by atoms with van der Waals surface area (Å²) in [5, 5.41) is 4.64. The highest BCUT2D eigenvalue weighted by Crippen LogP contribution is 2.43. The molecule has 1 saturated carbocycles. The van der Waals surface area contributed by atoms with Crippen molar-refractivity contribution in [1.82, 2.24) is 5.32 Å². The van der Waals surface area contributed by atoms with Gasteiger partial charge in [0.15, 0.2) is 0 Å². The molecule has 1 aliphatic carbocycles. The van der Waals surface area contributed by atoms with Crippen LogP contribution in [0.4, 0.5) is 0 Å². The molecule has 2 rings (SSSR count). The second-order valence-corrected chi connectivity index (χ2v) is 8.63. The summed E-state index contributed by atoms with van der Waals surface area (Å²) in [7, 11) is 0. The van der Waals surface area contributed by atoms with E-state index in [1.165, 1.54) is 38.0 Å². The summed E-state index contributed by atoms with van der Waals surface area (Å²) < 4.78 is 6.03. The lowest BCUT2D eigenvalue weighted by molar-refractivity contribution is -0.123. The number of hydrogen-bond acceptors (Lipinski definition) is 3. The average molecular weight is 285 g/mol. The van der Waals surface area contributed by atoms with Crippen molar-refractivity contribution in [3.8, 4) is 0 Å². The third-order valence-electron chi connectivity index (χ3n) is 4.67. The maximum atomic E-state index is 6.03. The van der Waals surface area contributed by atoms with Crippen LogP contribution in [-0.2, 0) is 4.74 Å². The van der Waals surface area contributed by atoms with Crippen molar-refractivity contribution in [2.75, 3.05) is 18.9 Å². The van der Waals surface area contributed by atoms with Gasteiger partial charge in [-0.05, 0) is 30.9 Å². The van der Waals surface area contributed by atoms with E-state index >= 15 is 0 Å². The lowest BCUT2D eigenvalue weighted by atomic mass is 9.64. The van der Waals surface area contributed by atoms with Gasteiger partial charge in [-0.25, -0.2) is 0 Å². The van der Waals surface area contributed by atoms with Gasteiger partial charge in [-0.2, -0.15) is 11.8 Å². The largest absolute Gasteiger partial charge is 0.377 e. The zero-order valence-electron chi connectivity index (χ0n) is 13.1. The molecule has 3 heteroatoms. The minimum Gasteiger partial charge on any atom is -0.377 e. The molecule has 2 nitrogen and oxygen atoms in total. The first kappa shape index (κ1) is 15.7. The van der Waals surface area contributed by atoms with E-state index in [2.05, 4.69) is 44.8 Å². The van der Waals surface area contributed by atoms with Crippen LogP contribution in [0.2, 0.25) is 0 Å². The van der Waals surface area contributed by atoms with Gasteiger partial charge in [-0.15, -0.1) is 0 Å². The van der Waals surface area contributed by atoms with Crippen molar-refractivity contribution in [2.45, 2.75) is 70.8 Å². The molecule has 3 unspecified atom stereocenters. The first-order chi connectivity index (χ1) is 9.00. The summed E-state index contributed by atoms with van der Waals surface area (Å²) in [6, 6.07) is 0.646. The monoisotopic (exact) mass is 285 g/mol. The lowest BCUT2D eigenvalue weighted by Gasteiger charge is -2.52. The van der Waals surface area contributed by atoms with Gasteiger partial charge < -0.3 is 10.1 Å². The predicted octanol–water partition coefficient (Wildman–Crippen LogP) is 3.70. The van der Waals surface area contributed by atoms with E-state index < -0.39 is 0 Å². The van der Waals surface area contributed by atoms with Gasteiger partial charge in [0.1, 0.15) is 0 Å². The average Bonchev–Trinajstić information content (AvgIpc) is 2.37. The molecule has 0 amide bonds. The van der Waals surface area contributed by atoms with Gasteiger partial charge in [-0.1, -0.05) is 34.1 Å². The summed E-state index contributed by atoms with van der Waals surface area (Å²) in [6.07, 6.45) is 5.88. The normalized spacial score (nSPS) is 34.3. The maximum absolute atomic E-state index is 6.03. The van der Waals surface area contributed by atoms with E-state index in [1.54, 1.807) is 0 Å². The molecule has 2 fully saturated rings. The molecule has 2 aliphatic rings. The third-order valence-corrected chi connectivity index (χ3v) is 6.07. The molecule has 0 bridgehead atoms. The van der Waals surface area contributed by atoms with Gasteiger partial charge in [0.2, 0.25) is 0 Å². The SMILES string of the molecule is CC(C)COC1CC(NCC2CCCCS2)C1(C)C. The maximum Gasteiger partial charge on any atom is 0.0656 e. The van der Waals surface area contributed by atoms with E-state index in [-0.39, 0.29) is 0 Å². The topological polar surface area (TPSA) is 21.3 Å². The number of nitrogens with one attached hydrogen (secondary N) is 1.